The van der Waals surface area contributed by atoms with E-state index in [0.717, 1.165) is 122 Å². The van der Waals surface area contributed by atoms with Crippen LogP contribution in [0.4, 0.5) is 0 Å². The van der Waals surface area contributed by atoms with Gasteiger partial charge in [0.1, 0.15) is 24.4 Å². The second-order valence-electron chi connectivity index (χ2n) is 20.3. The van der Waals surface area contributed by atoms with E-state index in [9.17, 15) is 35.1 Å². The van der Waals surface area contributed by atoms with Crippen molar-refractivity contribution >= 4 is 11.9 Å². The Hall–Kier alpha value is -3.16. The predicted octanol–water partition coefficient (Wildman–Crippen LogP) is 13.8. The van der Waals surface area contributed by atoms with Crippen LogP contribution in [0.5, 0.6) is 0 Å². The molecular weight excluding hydrogens is 931 g/mol. The van der Waals surface area contributed by atoms with Crippen LogP contribution in [-0.4, -0.2) is 99.6 Å². The number of amides is 1. The summed E-state index contributed by atoms with van der Waals surface area (Å²) in [6, 6.07) is -1.04. The molecule has 1 amide bonds. The minimum atomic E-state index is -1.62. The summed E-state index contributed by atoms with van der Waals surface area (Å²) in [5.41, 5.74) is 0. The maximum atomic E-state index is 13.4. The topological polar surface area (TPSA) is 175 Å². The summed E-state index contributed by atoms with van der Waals surface area (Å²) < 4.78 is 17.6. The fourth-order valence-electron chi connectivity index (χ4n) is 8.79. The lowest BCUT2D eigenvalue weighted by atomic mass is 9.99. The molecule has 8 unspecified atom stereocenters. The highest BCUT2D eigenvalue weighted by atomic mass is 16.7. The van der Waals surface area contributed by atoms with Gasteiger partial charge in [0.25, 0.3) is 0 Å². The van der Waals surface area contributed by atoms with Crippen molar-refractivity contribution in [2.24, 2.45) is 0 Å². The molecule has 1 aliphatic rings. The SMILES string of the molecule is CC/C=C/C/C=C/CCCCCCCCCC(=O)OC1C(OCC(NC(=O)C(O)CCCCCC/C=C\C/C=C\C/C=C\C/C=C\CCCCC)C(O)/C=C/CCCCCCCCCCC)OC(CO)C(O)C1O. The van der Waals surface area contributed by atoms with Crippen LogP contribution in [0.1, 0.15) is 239 Å². The first-order valence-corrected chi connectivity index (χ1v) is 29.9. The first kappa shape index (κ1) is 68.9. The number of aliphatic hydroxyl groups excluding tert-OH is 5. The van der Waals surface area contributed by atoms with Crippen LogP contribution in [0, 0.1) is 0 Å². The molecule has 0 bridgehead atoms. The lowest BCUT2D eigenvalue weighted by Gasteiger charge is -2.41. The molecular formula is C63H109NO10. The molecule has 0 aliphatic carbocycles. The molecule has 74 heavy (non-hydrogen) atoms. The van der Waals surface area contributed by atoms with Gasteiger partial charge >= 0.3 is 5.97 Å². The number of hydrogen-bond acceptors (Lipinski definition) is 10. The molecule has 0 saturated carbocycles. The van der Waals surface area contributed by atoms with E-state index in [1.165, 1.54) is 70.6 Å². The smallest absolute Gasteiger partial charge is 0.306 e. The fourth-order valence-corrected chi connectivity index (χ4v) is 8.79. The molecule has 1 aliphatic heterocycles. The summed E-state index contributed by atoms with van der Waals surface area (Å²) in [5, 5.41) is 56.8. The Morgan fingerprint density at radius 3 is 1.49 bits per heavy atom. The average molecular weight is 1040 g/mol. The van der Waals surface area contributed by atoms with Crippen LogP contribution in [0.2, 0.25) is 0 Å². The van der Waals surface area contributed by atoms with Gasteiger partial charge in [-0.05, 0) is 96.3 Å². The van der Waals surface area contributed by atoms with Crippen LogP contribution < -0.4 is 5.32 Å². The van der Waals surface area contributed by atoms with Crippen LogP contribution in [0.3, 0.4) is 0 Å². The van der Waals surface area contributed by atoms with E-state index in [2.05, 4.69) is 99.0 Å². The largest absolute Gasteiger partial charge is 0.454 e. The number of hydrogen-bond donors (Lipinski definition) is 6. The normalized spacial score (nSPS) is 19.9. The number of esters is 1. The molecule has 0 aromatic rings. The van der Waals surface area contributed by atoms with Crippen molar-refractivity contribution in [1.82, 2.24) is 5.32 Å². The summed E-state index contributed by atoms with van der Waals surface area (Å²) >= 11 is 0. The van der Waals surface area contributed by atoms with Crippen molar-refractivity contribution in [3.05, 3.63) is 85.1 Å². The average Bonchev–Trinajstić information content (AvgIpc) is 3.40. The number of ether oxygens (including phenoxy) is 3. The van der Waals surface area contributed by atoms with Crippen molar-refractivity contribution < 1.29 is 49.3 Å². The van der Waals surface area contributed by atoms with Crippen LogP contribution in [-0.2, 0) is 23.8 Å². The molecule has 11 heteroatoms. The molecule has 0 aromatic heterocycles. The second-order valence-corrected chi connectivity index (χ2v) is 20.3. The minimum absolute atomic E-state index is 0.108. The minimum Gasteiger partial charge on any atom is -0.454 e. The van der Waals surface area contributed by atoms with Gasteiger partial charge in [-0.2, -0.15) is 0 Å². The number of nitrogens with one attached hydrogen (secondary N) is 1. The molecule has 11 nitrogen and oxygen atoms in total. The Balaban J connectivity index is 2.71. The van der Waals surface area contributed by atoms with E-state index in [-0.39, 0.29) is 19.4 Å². The van der Waals surface area contributed by atoms with Crippen LogP contribution in [0.25, 0.3) is 0 Å². The van der Waals surface area contributed by atoms with Gasteiger partial charge in [-0.25, -0.2) is 0 Å². The lowest BCUT2D eigenvalue weighted by Crippen LogP contribution is -2.61. The summed E-state index contributed by atoms with van der Waals surface area (Å²) in [6.07, 6.45) is 54.8. The standard InChI is InChI=1S/C63H109NO10/c1-4-7-10-13-16-19-22-24-26-27-28-29-30-31-32-35-38-41-44-47-50-56(67)62(71)64-54(55(66)49-46-43-40-37-34-21-18-15-12-9-6-3)53-72-63-61(60(70)59(69)57(52-65)73-63)74-58(68)51-48-45-42-39-36-33-25-23-20-17-14-11-8-5-2/h8,11,16-17,19-20,24,26,28-29,31-32,46,49,54-57,59-61,63,65-67,69-70H,4-7,9-10,12-15,18,21-23,25,27,30,33-45,47-48,50-53H2,1-3H3,(H,64,71)/b11-8+,19-16-,20-17+,26-24-,29-28-,32-31-,49-46+. The van der Waals surface area contributed by atoms with E-state index < -0.39 is 67.4 Å². The van der Waals surface area contributed by atoms with E-state index in [1.807, 2.05) is 6.08 Å². The summed E-state index contributed by atoms with van der Waals surface area (Å²) in [4.78, 5) is 26.5. The van der Waals surface area contributed by atoms with Gasteiger partial charge in [0, 0.05) is 6.42 Å². The molecule has 1 saturated heterocycles. The molecule has 8 atom stereocenters. The Labute approximate surface area is 451 Å². The van der Waals surface area contributed by atoms with Gasteiger partial charge in [0.2, 0.25) is 5.91 Å². The third kappa shape index (κ3) is 38.4. The van der Waals surface area contributed by atoms with E-state index in [0.29, 0.717) is 12.8 Å². The second kappa shape index (κ2) is 50.6. The van der Waals surface area contributed by atoms with Gasteiger partial charge in [0.05, 0.1) is 25.4 Å². The van der Waals surface area contributed by atoms with Crippen LogP contribution >= 0.6 is 0 Å². The molecule has 0 radical (unpaired) electrons. The molecule has 1 rings (SSSR count). The highest BCUT2D eigenvalue weighted by molar-refractivity contribution is 5.80. The molecule has 0 spiro atoms. The molecule has 6 N–H and O–H groups in total. The number of unbranched alkanes of at least 4 members (excludes halogenated alkanes) is 23. The van der Waals surface area contributed by atoms with Crippen LogP contribution in [0.15, 0.2) is 85.1 Å². The molecule has 1 fully saturated rings. The Morgan fingerprint density at radius 1 is 0.541 bits per heavy atom. The van der Waals surface area contributed by atoms with Gasteiger partial charge in [0.15, 0.2) is 12.4 Å². The zero-order chi connectivity index (χ0) is 54.0. The first-order valence-electron chi connectivity index (χ1n) is 29.9. The molecule has 1 heterocycles. The van der Waals surface area contributed by atoms with Gasteiger partial charge < -0.3 is 45.1 Å². The van der Waals surface area contributed by atoms with E-state index in [1.54, 1.807) is 6.08 Å². The third-order valence-corrected chi connectivity index (χ3v) is 13.5. The van der Waals surface area contributed by atoms with Crippen molar-refractivity contribution in [2.45, 2.75) is 288 Å². The highest BCUT2D eigenvalue weighted by Crippen LogP contribution is 2.26. The Bertz CT molecular complexity index is 1520. The maximum Gasteiger partial charge on any atom is 0.306 e. The van der Waals surface area contributed by atoms with E-state index in [4.69, 9.17) is 14.2 Å². The molecule has 426 valence electrons. The monoisotopic (exact) mass is 1040 g/mol. The van der Waals surface area contributed by atoms with Crippen molar-refractivity contribution in [3.8, 4) is 0 Å². The summed E-state index contributed by atoms with van der Waals surface area (Å²) in [5.74, 6) is -1.23. The lowest BCUT2D eigenvalue weighted by molar-refractivity contribution is -0.305. The number of aliphatic hydroxyl groups is 5. The van der Waals surface area contributed by atoms with Crippen molar-refractivity contribution in [1.29, 1.82) is 0 Å². The van der Waals surface area contributed by atoms with Crippen molar-refractivity contribution in [2.75, 3.05) is 13.2 Å². The third-order valence-electron chi connectivity index (χ3n) is 13.5. The van der Waals surface area contributed by atoms with Gasteiger partial charge in [-0.15, -0.1) is 0 Å². The van der Waals surface area contributed by atoms with Gasteiger partial charge in [-0.1, -0.05) is 221 Å². The quantitative estimate of drug-likeness (QED) is 0.0195. The zero-order valence-corrected chi connectivity index (χ0v) is 46.9. The fraction of sp³-hybridized carbons (Fsp3) is 0.746. The van der Waals surface area contributed by atoms with Gasteiger partial charge in [-0.3, -0.25) is 9.59 Å². The summed E-state index contributed by atoms with van der Waals surface area (Å²) in [6.45, 7) is 5.62. The van der Waals surface area contributed by atoms with E-state index >= 15 is 0 Å². The Morgan fingerprint density at radius 2 is 0.973 bits per heavy atom. The number of allylic oxidation sites excluding steroid dienone is 13. The summed E-state index contributed by atoms with van der Waals surface area (Å²) in [7, 11) is 0. The number of rotatable bonds is 49. The van der Waals surface area contributed by atoms with Crippen molar-refractivity contribution in [3.63, 3.8) is 0 Å². The molecule has 0 aromatic carbocycles. The highest BCUT2D eigenvalue weighted by Gasteiger charge is 2.47. The predicted molar refractivity (Wildman–Crippen MR) is 306 cm³/mol. The number of carbonyl (C=O) groups excluding carboxylic acids is 2. The first-order chi connectivity index (χ1) is 36.2. The zero-order valence-electron chi connectivity index (χ0n) is 46.9. The maximum absolute atomic E-state index is 13.4. The number of carbonyl (C=O) groups is 2. The Kier molecular flexibility index (Phi) is 47.1.